The lowest BCUT2D eigenvalue weighted by Gasteiger charge is -2.04. The molecule has 0 radical (unpaired) electrons. The normalized spacial score (nSPS) is 13.2. The van der Waals surface area contributed by atoms with Crippen LogP contribution in [0, 0.1) is 5.92 Å². The van der Waals surface area contributed by atoms with E-state index in [1.165, 1.54) is 11.3 Å². The molecule has 0 aliphatic heterocycles. The van der Waals surface area contributed by atoms with Crippen molar-refractivity contribution in [3.63, 3.8) is 0 Å². The molecule has 0 aromatic carbocycles. The van der Waals surface area contributed by atoms with E-state index in [0.29, 0.717) is 0 Å². The molecule has 0 aliphatic rings. The van der Waals surface area contributed by atoms with Crippen LogP contribution in [0.15, 0.2) is 12.1 Å². The van der Waals surface area contributed by atoms with Crippen LogP contribution in [-0.2, 0) is 6.42 Å². The zero-order valence-corrected chi connectivity index (χ0v) is 10.2. The zero-order chi connectivity index (χ0) is 8.97. The Bertz CT molecular complexity index is 234. The van der Waals surface area contributed by atoms with E-state index in [0.717, 1.165) is 22.0 Å². The highest BCUT2D eigenvalue weighted by Gasteiger charge is 2.02. The molecular weight excluding hydrogens is 256 g/mol. The van der Waals surface area contributed by atoms with Crippen molar-refractivity contribution in [2.75, 3.05) is 5.33 Å². The Labute approximate surface area is 91.1 Å². The molecule has 0 spiro atoms. The molecule has 68 valence electrons. The summed E-state index contributed by atoms with van der Waals surface area (Å²) in [5.74, 6) is 0.755. The van der Waals surface area contributed by atoms with Crippen LogP contribution in [0.5, 0.6) is 0 Å². The molecule has 1 rings (SSSR count). The van der Waals surface area contributed by atoms with Crippen LogP contribution >= 0.6 is 38.9 Å². The lowest BCUT2D eigenvalue weighted by Crippen LogP contribution is -1.96. The quantitative estimate of drug-likeness (QED) is 0.711. The lowest BCUT2D eigenvalue weighted by molar-refractivity contribution is 0.603. The molecule has 0 saturated heterocycles. The molecule has 1 unspecified atom stereocenters. The lowest BCUT2D eigenvalue weighted by atomic mass is 10.1. The minimum Gasteiger partial charge on any atom is -0.128 e. The summed E-state index contributed by atoms with van der Waals surface area (Å²) in [6.07, 6.45) is 2.40. The highest BCUT2D eigenvalue weighted by Crippen LogP contribution is 2.23. The second kappa shape index (κ2) is 5.25. The summed E-state index contributed by atoms with van der Waals surface area (Å²) in [4.78, 5) is 1.40. The van der Waals surface area contributed by atoms with Gasteiger partial charge in [0.1, 0.15) is 0 Å². The molecule has 1 atom stereocenters. The van der Waals surface area contributed by atoms with Crippen molar-refractivity contribution in [1.82, 2.24) is 0 Å². The first-order valence-electron chi connectivity index (χ1n) is 4.02. The maximum Gasteiger partial charge on any atom is 0.0931 e. The van der Waals surface area contributed by atoms with Crippen molar-refractivity contribution in [1.29, 1.82) is 0 Å². The molecule has 0 amide bonds. The molecule has 0 N–H and O–H groups in total. The third-order valence-electron chi connectivity index (χ3n) is 1.78. The van der Waals surface area contributed by atoms with Crippen LogP contribution in [0.1, 0.15) is 18.2 Å². The molecule has 3 heteroatoms. The fourth-order valence-corrected chi connectivity index (χ4v) is 2.38. The Hall–Kier alpha value is 0.470. The Morgan fingerprint density at radius 2 is 2.33 bits per heavy atom. The molecular formula is C9H12BrClS. The highest BCUT2D eigenvalue weighted by atomic mass is 79.9. The highest BCUT2D eigenvalue weighted by molar-refractivity contribution is 9.09. The molecule has 1 aromatic rings. The Morgan fingerprint density at radius 1 is 1.58 bits per heavy atom. The molecule has 0 bridgehead atoms. The first-order chi connectivity index (χ1) is 5.72. The van der Waals surface area contributed by atoms with Gasteiger partial charge in [0.05, 0.1) is 4.34 Å². The van der Waals surface area contributed by atoms with Gasteiger partial charge >= 0.3 is 0 Å². The third-order valence-corrected chi connectivity index (χ3v) is 4.17. The monoisotopic (exact) mass is 266 g/mol. The predicted molar refractivity (Wildman–Crippen MR) is 60.6 cm³/mol. The van der Waals surface area contributed by atoms with Crippen molar-refractivity contribution < 1.29 is 0 Å². The van der Waals surface area contributed by atoms with Gasteiger partial charge in [-0.15, -0.1) is 11.3 Å². The van der Waals surface area contributed by atoms with Gasteiger partial charge in [0.2, 0.25) is 0 Å². The number of alkyl halides is 1. The van der Waals surface area contributed by atoms with Crippen molar-refractivity contribution in [3.8, 4) is 0 Å². The SMILES string of the molecule is CC(CBr)CCc1ccc(Cl)s1. The van der Waals surface area contributed by atoms with Gasteiger partial charge in [0.25, 0.3) is 0 Å². The summed E-state index contributed by atoms with van der Waals surface area (Å²) < 4.78 is 0.900. The topological polar surface area (TPSA) is 0 Å². The van der Waals surface area contributed by atoms with Gasteiger partial charge in [0.15, 0.2) is 0 Å². The molecule has 12 heavy (non-hydrogen) atoms. The van der Waals surface area contributed by atoms with E-state index in [4.69, 9.17) is 11.6 Å². The van der Waals surface area contributed by atoms with Gasteiger partial charge in [-0.1, -0.05) is 34.5 Å². The number of thiophene rings is 1. The van der Waals surface area contributed by atoms with E-state index >= 15 is 0 Å². The molecule has 0 aliphatic carbocycles. The van der Waals surface area contributed by atoms with E-state index in [-0.39, 0.29) is 0 Å². The van der Waals surface area contributed by atoms with Crippen LogP contribution in [0.2, 0.25) is 4.34 Å². The molecule has 0 saturated carbocycles. The summed E-state index contributed by atoms with van der Waals surface area (Å²) in [7, 11) is 0. The molecule has 1 aromatic heterocycles. The van der Waals surface area contributed by atoms with Crippen LogP contribution in [0.25, 0.3) is 0 Å². The molecule has 1 heterocycles. The fourth-order valence-electron chi connectivity index (χ4n) is 0.952. The van der Waals surface area contributed by atoms with Gasteiger partial charge < -0.3 is 0 Å². The second-order valence-electron chi connectivity index (χ2n) is 3.00. The first kappa shape index (κ1) is 10.6. The summed E-state index contributed by atoms with van der Waals surface area (Å²) in [6.45, 7) is 2.25. The van der Waals surface area contributed by atoms with Crippen molar-refractivity contribution in [2.24, 2.45) is 5.92 Å². The largest absolute Gasteiger partial charge is 0.128 e. The number of halogens is 2. The smallest absolute Gasteiger partial charge is 0.0931 e. The fraction of sp³-hybridized carbons (Fsp3) is 0.556. The summed E-state index contributed by atoms with van der Waals surface area (Å²) in [5.41, 5.74) is 0. The predicted octanol–water partition coefficient (Wildman–Crippen LogP) is 4.37. The van der Waals surface area contributed by atoms with E-state index in [1.807, 2.05) is 6.07 Å². The van der Waals surface area contributed by atoms with Gasteiger partial charge in [0, 0.05) is 10.2 Å². The first-order valence-corrected chi connectivity index (χ1v) is 6.34. The van der Waals surface area contributed by atoms with Crippen LogP contribution < -0.4 is 0 Å². The van der Waals surface area contributed by atoms with Gasteiger partial charge in [-0.2, -0.15) is 0 Å². The van der Waals surface area contributed by atoms with E-state index < -0.39 is 0 Å². The maximum atomic E-state index is 5.82. The third kappa shape index (κ3) is 3.46. The van der Waals surface area contributed by atoms with Crippen LogP contribution in [0.3, 0.4) is 0 Å². The van der Waals surface area contributed by atoms with Gasteiger partial charge in [-0.05, 0) is 30.9 Å². The number of hydrogen-bond donors (Lipinski definition) is 0. The summed E-state index contributed by atoms with van der Waals surface area (Å²) in [5, 5.41) is 1.09. The summed E-state index contributed by atoms with van der Waals surface area (Å²) >= 11 is 11.0. The minimum absolute atomic E-state index is 0.755. The number of hydrogen-bond acceptors (Lipinski definition) is 1. The number of rotatable bonds is 4. The van der Waals surface area contributed by atoms with Crippen LogP contribution in [-0.4, -0.2) is 5.33 Å². The Morgan fingerprint density at radius 3 is 2.83 bits per heavy atom. The molecule has 0 fully saturated rings. The zero-order valence-electron chi connectivity index (χ0n) is 7.02. The maximum absolute atomic E-state index is 5.82. The van der Waals surface area contributed by atoms with Crippen LogP contribution in [0.4, 0.5) is 0 Å². The average Bonchev–Trinajstić information content (AvgIpc) is 2.47. The Kier molecular flexibility index (Phi) is 4.62. The van der Waals surface area contributed by atoms with E-state index in [2.05, 4.69) is 28.9 Å². The standard InChI is InChI=1S/C9H12BrClS/c1-7(6-10)2-3-8-4-5-9(11)12-8/h4-5,7H,2-3,6H2,1H3. The number of aryl methyl sites for hydroxylation is 1. The van der Waals surface area contributed by atoms with Crippen molar-refractivity contribution >= 4 is 38.9 Å². The molecule has 0 nitrogen and oxygen atoms in total. The van der Waals surface area contributed by atoms with E-state index in [9.17, 15) is 0 Å². The minimum atomic E-state index is 0.755. The Balaban J connectivity index is 2.33. The van der Waals surface area contributed by atoms with Crippen molar-refractivity contribution in [3.05, 3.63) is 21.3 Å². The van der Waals surface area contributed by atoms with Gasteiger partial charge in [-0.25, -0.2) is 0 Å². The average molecular weight is 268 g/mol. The second-order valence-corrected chi connectivity index (χ2v) is 5.45. The van der Waals surface area contributed by atoms with Gasteiger partial charge in [-0.3, -0.25) is 0 Å². The van der Waals surface area contributed by atoms with Crippen molar-refractivity contribution in [2.45, 2.75) is 19.8 Å². The summed E-state index contributed by atoms with van der Waals surface area (Å²) in [6, 6.07) is 4.09. The van der Waals surface area contributed by atoms with E-state index in [1.54, 1.807) is 11.3 Å².